The molecule has 0 aromatic heterocycles. The predicted molar refractivity (Wildman–Crippen MR) is 68.6 cm³/mol. The standard InChI is InChI=1S/C14H22O3/c1-4-5-6-7-14(15)11-8-12(16-2)10-13(9-11)17-3/h8-10,14-15H,4-7H2,1-3H3. The number of aliphatic hydroxyl groups is 1. The number of unbranched alkanes of at least 4 members (excludes halogenated alkanes) is 2. The molecule has 0 aliphatic heterocycles. The normalized spacial score (nSPS) is 12.2. The van der Waals surface area contributed by atoms with E-state index in [1.54, 1.807) is 14.2 Å². The van der Waals surface area contributed by atoms with Crippen LogP contribution in [0, 0.1) is 0 Å². The lowest BCUT2D eigenvalue weighted by Gasteiger charge is -2.13. The number of ether oxygens (including phenoxy) is 2. The minimum Gasteiger partial charge on any atom is -0.497 e. The van der Waals surface area contributed by atoms with Crippen molar-refractivity contribution in [2.24, 2.45) is 0 Å². The van der Waals surface area contributed by atoms with Crippen molar-refractivity contribution in [2.75, 3.05) is 14.2 Å². The highest BCUT2D eigenvalue weighted by molar-refractivity contribution is 5.39. The van der Waals surface area contributed by atoms with Crippen LogP contribution in [0.15, 0.2) is 18.2 Å². The van der Waals surface area contributed by atoms with Crippen LogP contribution in [0.25, 0.3) is 0 Å². The van der Waals surface area contributed by atoms with Crippen molar-refractivity contribution in [1.82, 2.24) is 0 Å². The summed E-state index contributed by atoms with van der Waals surface area (Å²) in [5.41, 5.74) is 0.859. The Kier molecular flexibility index (Phi) is 5.84. The van der Waals surface area contributed by atoms with Crippen LogP contribution in [0.1, 0.15) is 44.3 Å². The molecule has 0 radical (unpaired) electrons. The number of aliphatic hydroxyl groups excluding tert-OH is 1. The van der Waals surface area contributed by atoms with Crippen molar-refractivity contribution in [2.45, 2.75) is 38.7 Å². The van der Waals surface area contributed by atoms with E-state index in [2.05, 4.69) is 6.92 Å². The summed E-state index contributed by atoms with van der Waals surface area (Å²) in [5.74, 6) is 1.43. The maximum absolute atomic E-state index is 10.1. The van der Waals surface area contributed by atoms with Crippen molar-refractivity contribution in [3.05, 3.63) is 23.8 Å². The number of hydrogen-bond donors (Lipinski definition) is 1. The van der Waals surface area contributed by atoms with Gasteiger partial charge in [0.25, 0.3) is 0 Å². The van der Waals surface area contributed by atoms with Gasteiger partial charge in [0.05, 0.1) is 20.3 Å². The third kappa shape index (κ3) is 4.27. The minimum atomic E-state index is -0.439. The second kappa shape index (κ2) is 7.17. The van der Waals surface area contributed by atoms with Gasteiger partial charge >= 0.3 is 0 Å². The van der Waals surface area contributed by atoms with Gasteiger partial charge in [0.15, 0.2) is 0 Å². The molecule has 3 heteroatoms. The highest BCUT2D eigenvalue weighted by Gasteiger charge is 2.10. The molecule has 3 nitrogen and oxygen atoms in total. The van der Waals surface area contributed by atoms with Crippen molar-refractivity contribution in [3.8, 4) is 11.5 Å². The molecule has 0 spiro atoms. The average Bonchev–Trinajstić information content (AvgIpc) is 2.38. The van der Waals surface area contributed by atoms with Gasteiger partial charge in [-0.05, 0) is 24.1 Å². The van der Waals surface area contributed by atoms with Gasteiger partial charge in [-0.15, -0.1) is 0 Å². The van der Waals surface area contributed by atoms with Crippen LogP contribution in [-0.4, -0.2) is 19.3 Å². The fourth-order valence-corrected chi connectivity index (χ4v) is 1.78. The van der Waals surface area contributed by atoms with E-state index in [1.165, 1.54) is 0 Å². The molecule has 1 atom stereocenters. The average molecular weight is 238 g/mol. The van der Waals surface area contributed by atoms with E-state index in [0.717, 1.165) is 31.2 Å². The first kappa shape index (κ1) is 13.8. The van der Waals surface area contributed by atoms with Crippen LogP contribution in [-0.2, 0) is 0 Å². The van der Waals surface area contributed by atoms with E-state index in [9.17, 15) is 5.11 Å². The second-order valence-electron chi connectivity index (χ2n) is 4.16. The second-order valence-corrected chi connectivity index (χ2v) is 4.16. The van der Waals surface area contributed by atoms with E-state index >= 15 is 0 Å². The molecule has 1 unspecified atom stereocenters. The highest BCUT2D eigenvalue weighted by atomic mass is 16.5. The molecule has 96 valence electrons. The van der Waals surface area contributed by atoms with E-state index in [-0.39, 0.29) is 0 Å². The summed E-state index contributed by atoms with van der Waals surface area (Å²) in [6, 6.07) is 5.53. The number of hydrogen-bond acceptors (Lipinski definition) is 3. The van der Waals surface area contributed by atoms with Crippen LogP contribution >= 0.6 is 0 Å². The third-order valence-corrected chi connectivity index (χ3v) is 2.84. The van der Waals surface area contributed by atoms with Gasteiger partial charge in [0.2, 0.25) is 0 Å². The Balaban J connectivity index is 2.73. The summed E-state index contributed by atoms with van der Waals surface area (Å²) in [6.07, 6.45) is 3.69. The molecule has 0 bridgehead atoms. The molecule has 0 aliphatic carbocycles. The fourth-order valence-electron chi connectivity index (χ4n) is 1.78. The Bertz CT molecular complexity index is 314. The zero-order valence-electron chi connectivity index (χ0n) is 10.9. The number of benzene rings is 1. The maximum atomic E-state index is 10.1. The smallest absolute Gasteiger partial charge is 0.122 e. The molecule has 0 fully saturated rings. The Labute approximate surface area is 103 Å². The van der Waals surface area contributed by atoms with Gasteiger partial charge in [0.1, 0.15) is 11.5 Å². The molecular weight excluding hydrogens is 216 g/mol. The quantitative estimate of drug-likeness (QED) is 0.741. The lowest BCUT2D eigenvalue weighted by Crippen LogP contribution is -1.99. The Hall–Kier alpha value is -1.22. The van der Waals surface area contributed by atoms with Gasteiger partial charge in [-0.3, -0.25) is 0 Å². The zero-order valence-corrected chi connectivity index (χ0v) is 10.9. The van der Waals surface area contributed by atoms with Gasteiger partial charge in [0, 0.05) is 6.07 Å². The van der Waals surface area contributed by atoms with Gasteiger partial charge < -0.3 is 14.6 Å². The fraction of sp³-hybridized carbons (Fsp3) is 0.571. The molecule has 0 aliphatic rings. The number of rotatable bonds is 7. The molecule has 1 aromatic rings. The van der Waals surface area contributed by atoms with E-state index in [1.807, 2.05) is 18.2 Å². The van der Waals surface area contributed by atoms with Crippen molar-refractivity contribution >= 4 is 0 Å². The molecule has 1 N–H and O–H groups in total. The summed E-state index contributed by atoms with van der Waals surface area (Å²) in [7, 11) is 3.23. The molecule has 0 heterocycles. The largest absolute Gasteiger partial charge is 0.497 e. The van der Waals surface area contributed by atoms with Gasteiger partial charge in [-0.25, -0.2) is 0 Å². The lowest BCUT2D eigenvalue weighted by atomic mass is 10.0. The monoisotopic (exact) mass is 238 g/mol. The van der Waals surface area contributed by atoms with Crippen LogP contribution in [0.3, 0.4) is 0 Å². The highest BCUT2D eigenvalue weighted by Crippen LogP contribution is 2.28. The molecule has 0 amide bonds. The predicted octanol–water partition coefficient (Wildman–Crippen LogP) is 3.32. The van der Waals surface area contributed by atoms with Crippen LogP contribution in [0.2, 0.25) is 0 Å². The van der Waals surface area contributed by atoms with Crippen molar-refractivity contribution in [1.29, 1.82) is 0 Å². The van der Waals surface area contributed by atoms with Crippen molar-refractivity contribution in [3.63, 3.8) is 0 Å². The molecule has 1 rings (SSSR count). The third-order valence-electron chi connectivity index (χ3n) is 2.84. The van der Waals surface area contributed by atoms with E-state index in [0.29, 0.717) is 11.5 Å². The Morgan fingerprint density at radius 2 is 1.65 bits per heavy atom. The summed E-state index contributed by atoms with van der Waals surface area (Å²) in [6.45, 7) is 2.15. The maximum Gasteiger partial charge on any atom is 0.122 e. The van der Waals surface area contributed by atoms with E-state index < -0.39 is 6.10 Å². The summed E-state index contributed by atoms with van der Waals surface area (Å²) >= 11 is 0. The molecular formula is C14H22O3. The lowest BCUT2D eigenvalue weighted by molar-refractivity contribution is 0.163. The molecule has 0 saturated heterocycles. The minimum absolute atomic E-state index is 0.439. The first-order chi connectivity index (χ1) is 8.21. The van der Waals surface area contributed by atoms with Crippen LogP contribution in [0.4, 0.5) is 0 Å². The van der Waals surface area contributed by atoms with Crippen LogP contribution in [0.5, 0.6) is 11.5 Å². The van der Waals surface area contributed by atoms with Crippen LogP contribution < -0.4 is 9.47 Å². The first-order valence-electron chi connectivity index (χ1n) is 6.12. The summed E-state index contributed by atoms with van der Waals surface area (Å²) in [4.78, 5) is 0. The Morgan fingerprint density at radius 3 is 2.12 bits per heavy atom. The zero-order chi connectivity index (χ0) is 12.7. The molecule has 1 aromatic carbocycles. The van der Waals surface area contributed by atoms with Crippen molar-refractivity contribution < 1.29 is 14.6 Å². The number of methoxy groups -OCH3 is 2. The summed E-state index contributed by atoms with van der Waals surface area (Å²) in [5, 5.41) is 10.1. The molecule has 0 saturated carbocycles. The van der Waals surface area contributed by atoms with E-state index in [4.69, 9.17) is 9.47 Å². The van der Waals surface area contributed by atoms with Gasteiger partial charge in [-0.1, -0.05) is 26.2 Å². The summed E-state index contributed by atoms with van der Waals surface area (Å²) < 4.78 is 10.4. The first-order valence-corrected chi connectivity index (χ1v) is 6.12. The Morgan fingerprint density at radius 1 is 1.06 bits per heavy atom. The SMILES string of the molecule is CCCCCC(O)c1cc(OC)cc(OC)c1. The molecule has 17 heavy (non-hydrogen) atoms. The topological polar surface area (TPSA) is 38.7 Å². The van der Waals surface area contributed by atoms with Gasteiger partial charge in [-0.2, -0.15) is 0 Å².